The van der Waals surface area contributed by atoms with Gasteiger partial charge in [0.2, 0.25) is 0 Å². The SMILES string of the molecule is CN=C(NCCOc1ccc(Br)cc1)NCc1nc(C(C)C)cs1.I. The number of ether oxygens (including phenoxy) is 1. The molecule has 2 rings (SSSR count). The van der Waals surface area contributed by atoms with Crippen molar-refractivity contribution in [3.63, 3.8) is 0 Å². The van der Waals surface area contributed by atoms with Crippen molar-refractivity contribution in [2.75, 3.05) is 20.2 Å². The molecule has 1 heterocycles. The van der Waals surface area contributed by atoms with Crippen LogP contribution in [0.4, 0.5) is 0 Å². The maximum atomic E-state index is 5.67. The lowest BCUT2D eigenvalue weighted by atomic mass is 10.2. The zero-order chi connectivity index (χ0) is 17.4. The van der Waals surface area contributed by atoms with Crippen LogP contribution in [-0.2, 0) is 6.54 Å². The van der Waals surface area contributed by atoms with Crippen molar-refractivity contribution >= 4 is 57.2 Å². The van der Waals surface area contributed by atoms with E-state index in [0.29, 0.717) is 25.6 Å². The van der Waals surface area contributed by atoms with Crippen molar-refractivity contribution in [2.24, 2.45) is 4.99 Å². The van der Waals surface area contributed by atoms with E-state index >= 15 is 0 Å². The molecule has 5 nitrogen and oxygen atoms in total. The molecule has 0 amide bonds. The summed E-state index contributed by atoms with van der Waals surface area (Å²) in [5.74, 6) is 2.06. The van der Waals surface area contributed by atoms with Crippen LogP contribution in [0.5, 0.6) is 5.75 Å². The van der Waals surface area contributed by atoms with Gasteiger partial charge >= 0.3 is 0 Å². The molecule has 25 heavy (non-hydrogen) atoms. The minimum absolute atomic E-state index is 0. The number of hydrogen-bond donors (Lipinski definition) is 2. The third kappa shape index (κ3) is 7.91. The molecule has 2 N–H and O–H groups in total. The molecule has 1 aromatic carbocycles. The Hall–Kier alpha value is -0.870. The van der Waals surface area contributed by atoms with E-state index in [9.17, 15) is 0 Å². The molecule has 0 saturated carbocycles. The minimum atomic E-state index is 0. The molecule has 0 aliphatic rings. The van der Waals surface area contributed by atoms with Crippen LogP contribution in [0.2, 0.25) is 0 Å². The monoisotopic (exact) mass is 538 g/mol. The number of rotatable bonds is 7. The zero-order valence-corrected chi connectivity index (χ0v) is 19.3. The van der Waals surface area contributed by atoms with Crippen LogP contribution >= 0.6 is 51.2 Å². The first-order chi connectivity index (χ1) is 11.6. The van der Waals surface area contributed by atoms with Gasteiger partial charge in [-0.2, -0.15) is 0 Å². The largest absolute Gasteiger partial charge is 0.492 e. The quantitative estimate of drug-likeness (QED) is 0.237. The first kappa shape index (κ1) is 22.2. The van der Waals surface area contributed by atoms with Crippen molar-refractivity contribution in [3.05, 3.63) is 44.8 Å². The van der Waals surface area contributed by atoms with E-state index in [-0.39, 0.29) is 24.0 Å². The maximum Gasteiger partial charge on any atom is 0.191 e. The Morgan fingerprint density at radius 3 is 2.60 bits per heavy atom. The van der Waals surface area contributed by atoms with Gasteiger partial charge in [-0.25, -0.2) is 4.98 Å². The lowest BCUT2D eigenvalue weighted by molar-refractivity contribution is 0.322. The summed E-state index contributed by atoms with van der Waals surface area (Å²) in [5.41, 5.74) is 1.14. The number of benzene rings is 1. The van der Waals surface area contributed by atoms with E-state index in [0.717, 1.165) is 26.9 Å². The van der Waals surface area contributed by atoms with Crippen molar-refractivity contribution in [3.8, 4) is 5.75 Å². The van der Waals surface area contributed by atoms with Gasteiger partial charge in [-0.3, -0.25) is 4.99 Å². The number of halogens is 2. The summed E-state index contributed by atoms with van der Waals surface area (Å²) < 4.78 is 6.71. The molecule has 0 fully saturated rings. The van der Waals surface area contributed by atoms with E-state index in [1.807, 2.05) is 24.3 Å². The Balaban J connectivity index is 0.00000312. The predicted octanol–water partition coefficient (Wildman–Crippen LogP) is 4.39. The van der Waals surface area contributed by atoms with Crippen molar-refractivity contribution in [2.45, 2.75) is 26.3 Å². The Labute approximate surface area is 178 Å². The second-order valence-electron chi connectivity index (χ2n) is 5.48. The van der Waals surface area contributed by atoms with E-state index in [1.165, 1.54) is 0 Å². The van der Waals surface area contributed by atoms with Crippen molar-refractivity contribution in [1.29, 1.82) is 0 Å². The van der Waals surface area contributed by atoms with Crippen LogP contribution in [0.25, 0.3) is 0 Å². The van der Waals surface area contributed by atoms with Crippen LogP contribution in [-0.4, -0.2) is 31.1 Å². The average molecular weight is 539 g/mol. The van der Waals surface area contributed by atoms with E-state index in [4.69, 9.17) is 4.74 Å². The highest BCUT2D eigenvalue weighted by Gasteiger charge is 2.06. The highest BCUT2D eigenvalue weighted by Crippen LogP contribution is 2.17. The Bertz CT molecular complexity index is 661. The smallest absolute Gasteiger partial charge is 0.191 e. The number of aliphatic imine (C=N–C) groups is 1. The van der Waals surface area contributed by atoms with Gasteiger partial charge in [0.05, 0.1) is 18.8 Å². The van der Waals surface area contributed by atoms with Gasteiger partial charge in [0, 0.05) is 16.9 Å². The molecular formula is C17H24BrIN4OS. The van der Waals surface area contributed by atoms with E-state index in [2.05, 4.69) is 55.8 Å². The number of nitrogens with zero attached hydrogens (tertiary/aromatic N) is 2. The molecule has 0 aliphatic heterocycles. The number of thiazole rings is 1. The van der Waals surface area contributed by atoms with Gasteiger partial charge in [0.15, 0.2) is 5.96 Å². The molecule has 8 heteroatoms. The summed E-state index contributed by atoms with van der Waals surface area (Å²) in [6.07, 6.45) is 0. The summed E-state index contributed by atoms with van der Waals surface area (Å²) in [4.78, 5) is 8.81. The third-order valence-corrected chi connectivity index (χ3v) is 4.66. The highest BCUT2D eigenvalue weighted by molar-refractivity contribution is 14.0. The van der Waals surface area contributed by atoms with Crippen molar-refractivity contribution in [1.82, 2.24) is 15.6 Å². The molecule has 0 spiro atoms. The fourth-order valence-electron chi connectivity index (χ4n) is 1.92. The molecule has 0 unspecified atom stereocenters. The third-order valence-electron chi connectivity index (χ3n) is 3.27. The Morgan fingerprint density at radius 2 is 2.00 bits per heavy atom. The lowest BCUT2D eigenvalue weighted by Gasteiger charge is -2.11. The minimum Gasteiger partial charge on any atom is -0.492 e. The first-order valence-electron chi connectivity index (χ1n) is 7.85. The lowest BCUT2D eigenvalue weighted by Crippen LogP contribution is -2.38. The molecular weight excluding hydrogens is 515 g/mol. The topological polar surface area (TPSA) is 58.5 Å². The predicted molar refractivity (Wildman–Crippen MR) is 119 cm³/mol. The molecule has 0 aliphatic carbocycles. The van der Waals surface area contributed by atoms with Gasteiger partial charge in [-0.15, -0.1) is 35.3 Å². The van der Waals surface area contributed by atoms with Gasteiger partial charge in [-0.1, -0.05) is 29.8 Å². The Morgan fingerprint density at radius 1 is 1.28 bits per heavy atom. The number of hydrogen-bond acceptors (Lipinski definition) is 4. The van der Waals surface area contributed by atoms with Gasteiger partial charge in [0.1, 0.15) is 17.4 Å². The first-order valence-corrected chi connectivity index (χ1v) is 9.53. The summed E-state index contributed by atoms with van der Waals surface area (Å²) >= 11 is 5.08. The normalized spacial score (nSPS) is 11.2. The average Bonchev–Trinajstić information content (AvgIpc) is 3.05. The van der Waals surface area contributed by atoms with Crippen LogP contribution < -0.4 is 15.4 Å². The fourth-order valence-corrected chi connectivity index (χ4v) is 3.08. The molecule has 138 valence electrons. The molecule has 2 aromatic rings. The molecule has 0 atom stereocenters. The second-order valence-corrected chi connectivity index (χ2v) is 7.33. The number of aromatic nitrogens is 1. The van der Waals surface area contributed by atoms with Crippen molar-refractivity contribution < 1.29 is 4.74 Å². The second kappa shape index (κ2) is 11.7. The van der Waals surface area contributed by atoms with Gasteiger partial charge < -0.3 is 15.4 Å². The summed E-state index contributed by atoms with van der Waals surface area (Å²) in [6.45, 7) is 6.21. The summed E-state index contributed by atoms with van der Waals surface area (Å²) in [7, 11) is 1.76. The summed E-state index contributed by atoms with van der Waals surface area (Å²) in [6, 6.07) is 7.79. The maximum absolute atomic E-state index is 5.67. The Kier molecular flexibility index (Phi) is 10.4. The highest BCUT2D eigenvalue weighted by atomic mass is 127. The molecule has 0 radical (unpaired) electrons. The van der Waals surface area contributed by atoms with Crippen LogP contribution in [0.3, 0.4) is 0 Å². The number of guanidine groups is 1. The number of nitrogens with one attached hydrogen (secondary N) is 2. The standard InChI is InChI=1S/C17H23BrN4OS.HI/c1-12(2)15-11-24-16(22-15)10-21-17(19-3)20-8-9-23-14-6-4-13(18)5-7-14;/h4-7,11-12H,8-10H2,1-3H3,(H2,19,20,21);1H. The van der Waals surface area contributed by atoms with Gasteiger partial charge in [-0.05, 0) is 30.2 Å². The van der Waals surface area contributed by atoms with Crippen LogP contribution in [0.15, 0.2) is 39.1 Å². The van der Waals surface area contributed by atoms with E-state index in [1.54, 1.807) is 18.4 Å². The summed E-state index contributed by atoms with van der Waals surface area (Å²) in [5, 5.41) is 9.68. The van der Waals surface area contributed by atoms with Crippen LogP contribution in [0.1, 0.15) is 30.5 Å². The van der Waals surface area contributed by atoms with E-state index < -0.39 is 0 Å². The molecule has 0 saturated heterocycles. The fraction of sp³-hybridized carbons (Fsp3) is 0.412. The molecule has 0 bridgehead atoms. The van der Waals surface area contributed by atoms with Crippen LogP contribution in [0, 0.1) is 0 Å². The zero-order valence-electron chi connectivity index (χ0n) is 14.6. The molecule has 1 aromatic heterocycles. The van der Waals surface area contributed by atoms with Gasteiger partial charge in [0.25, 0.3) is 0 Å².